The van der Waals surface area contributed by atoms with Crippen LogP contribution in [-0.2, 0) is 16.4 Å². The highest BCUT2D eigenvalue weighted by Crippen LogP contribution is 2.25. The number of nitrogens with zero attached hydrogens (tertiary/aromatic N) is 1. The maximum atomic E-state index is 13.1. The van der Waals surface area contributed by atoms with Crippen molar-refractivity contribution >= 4 is 15.9 Å². The average molecular weight is 429 g/mol. The minimum Gasteiger partial charge on any atom is -0.347 e. The summed E-state index contributed by atoms with van der Waals surface area (Å²) in [5.74, 6) is 0.292. The van der Waals surface area contributed by atoms with E-state index < -0.39 is 15.6 Å². The molecule has 1 N–H and O–H groups in total. The van der Waals surface area contributed by atoms with Crippen molar-refractivity contribution in [2.75, 3.05) is 13.1 Å². The van der Waals surface area contributed by atoms with Gasteiger partial charge in [0, 0.05) is 24.2 Å². The maximum Gasteiger partial charge on any atom is 0.252 e. The summed E-state index contributed by atoms with van der Waals surface area (Å²) in [6.45, 7) is 8.99. The molecule has 1 heterocycles. The minimum atomic E-state index is -3.60. The quantitative estimate of drug-likeness (QED) is 0.751. The fourth-order valence-corrected chi connectivity index (χ4v) is 5.40. The van der Waals surface area contributed by atoms with Gasteiger partial charge < -0.3 is 5.32 Å². The Hall–Kier alpha value is -2.18. The summed E-state index contributed by atoms with van der Waals surface area (Å²) >= 11 is 0. The van der Waals surface area contributed by atoms with Crippen LogP contribution in [0.2, 0.25) is 0 Å². The van der Waals surface area contributed by atoms with Gasteiger partial charge in [0.05, 0.1) is 4.90 Å². The average Bonchev–Trinajstić information content (AvgIpc) is 2.68. The van der Waals surface area contributed by atoms with Crippen molar-refractivity contribution in [2.45, 2.75) is 57.4 Å². The summed E-state index contributed by atoms with van der Waals surface area (Å²) in [7, 11) is -3.60. The standard InChI is InChI=1S/C24H32N2O3S/c1-18-12-14-26(15-13-18)30(28,29)21-11-10-19(2)22(16-21)23(27)25-24(3,4)17-20-8-6-5-7-9-20/h5-11,16,18H,12-15,17H2,1-4H3,(H,25,27). The van der Waals surface area contributed by atoms with Gasteiger partial charge in [0.1, 0.15) is 0 Å². The summed E-state index contributed by atoms with van der Waals surface area (Å²) in [4.78, 5) is 13.2. The highest BCUT2D eigenvalue weighted by Gasteiger charge is 2.29. The second-order valence-corrected chi connectivity index (χ2v) is 11.0. The molecule has 30 heavy (non-hydrogen) atoms. The molecule has 0 saturated carbocycles. The van der Waals surface area contributed by atoms with E-state index in [0.717, 1.165) is 24.0 Å². The molecule has 0 aromatic heterocycles. The molecule has 1 saturated heterocycles. The zero-order valence-electron chi connectivity index (χ0n) is 18.3. The Balaban J connectivity index is 1.80. The van der Waals surface area contributed by atoms with E-state index >= 15 is 0 Å². The third-order valence-corrected chi connectivity index (χ3v) is 7.67. The van der Waals surface area contributed by atoms with Gasteiger partial charge in [0.15, 0.2) is 0 Å². The van der Waals surface area contributed by atoms with E-state index in [2.05, 4.69) is 12.2 Å². The van der Waals surface area contributed by atoms with Crippen LogP contribution in [0, 0.1) is 12.8 Å². The van der Waals surface area contributed by atoms with Crippen LogP contribution in [0.25, 0.3) is 0 Å². The number of hydrogen-bond donors (Lipinski definition) is 1. The molecule has 6 heteroatoms. The van der Waals surface area contributed by atoms with Crippen LogP contribution in [0.15, 0.2) is 53.4 Å². The van der Waals surface area contributed by atoms with Gasteiger partial charge in [0.2, 0.25) is 10.0 Å². The van der Waals surface area contributed by atoms with Gasteiger partial charge in [-0.05, 0) is 69.2 Å². The second-order valence-electron chi connectivity index (χ2n) is 9.06. The summed E-state index contributed by atoms with van der Waals surface area (Å²) in [5, 5.41) is 3.08. The lowest BCUT2D eigenvalue weighted by atomic mass is 9.94. The zero-order chi connectivity index (χ0) is 21.9. The summed E-state index contributed by atoms with van der Waals surface area (Å²) < 4.78 is 27.7. The molecule has 1 amide bonds. The number of piperidine rings is 1. The summed E-state index contributed by atoms with van der Waals surface area (Å²) in [6, 6.07) is 14.8. The molecule has 1 fully saturated rings. The second kappa shape index (κ2) is 8.90. The Labute approximate surface area is 180 Å². The number of benzene rings is 2. The Morgan fingerprint density at radius 3 is 2.37 bits per heavy atom. The fourth-order valence-electron chi connectivity index (χ4n) is 3.91. The predicted octanol–water partition coefficient (Wildman–Crippen LogP) is 4.17. The highest BCUT2D eigenvalue weighted by molar-refractivity contribution is 7.89. The first-order valence-electron chi connectivity index (χ1n) is 10.6. The normalized spacial score (nSPS) is 16.4. The molecule has 0 spiro atoms. The smallest absolute Gasteiger partial charge is 0.252 e. The number of nitrogens with one attached hydrogen (secondary N) is 1. The minimum absolute atomic E-state index is 0.189. The molecular weight excluding hydrogens is 396 g/mol. The van der Waals surface area contributed by atoms with Crippen molar-refractivity contribution in [1.82, 2.24) is 9.62 Å². The number of carbonyl (C=O) groups is 1. The molecule has 1 aliphatic rings. The molecule has 2 aromatic carbocycles. The van der Waals surface area contributed by atoms with Gasteiger partial charge in [0.25, 0.3) is 5.91 Å². The molecule has 0 atom stereocenters. The molecule has 3 rings (SSSR count). The van der Waals surface area contributed by atoms with Gasteiger partial charge in [-0.15, -0.1) is 0 Å². The Bertz CT molecular complexity index is 992. The van der Waals surface area contributed by atoms with Crippen LogP contribution in [0.4, 0.5) is 0 Å². The molecule has 2 aromatic rings. The Morgan fingerprint density at radius 1 is 1.10 bits per heavy atom. The molecule has 0 unspecified atom stereocenters. The Kier molecular flexibility index (Phi) is 6.68. The monoisotopic (exact) mass is 428 g/mol. The molecule has 0 bridgehead atoms. The van der Waals surface area contributed by atoms with Gasteiger partial charge in [-0.3, -0.25) is 4.79 Å². The first-order valence-corrected chi connectivity index (χ1v) is 12.0. The number of rotatable bonds is 6. The zero-order valence-corrected chi connectivity index (χ0v) is 19.1. The Morgan fingerprint density at radius 2 is 1.73 bits per heavy atom. The van der Waals surface area contributed by atoms with Crippen LogP contribution in [0.3, 0.4) is 0 Å². The van der Waals surface area contributed by atoms with Crippen molar-refractivity contribution in [2.24, 2.45) is 5.92 Å². The van der Waals surface area contributed by atoms with E-state index in [0.29, 0.717) is 31.0 Å². The van der Waals surface area contributed by atoms with Crippen molar-refractivity contribution in [1.29, 1.82) is 0 Å². The van der Waals surface area contributed by atoms with E-state index in [1.54, 1.807) is 16.4 Å². The van der Waals surface area contributed by atoms with Crippen molar-refractivity contribution in [3.8, 4) is 0 Å². The number of amides is 1. The van der Waals surface area contributed by atoms with Crippen molar-refractivity contribution < 1.29 is 13.2 Å². The van der Waals surface area contributed by atoms with Crippen LogP contribution in [-0.4, -0.2) is 37.3 Å². The molecule has 5 nitrogen and oxygen atoms in total. The number of aryl methyl sites for hydroxylation is 1. The summed E-state index contributed by atoms with van der Waals surface area (Å²) in [6.07, 6.45) is 2.42. The number of sulfonamides is 1. The van der Waals surface area contributed by atoms with Gasteiger partial charge >= 0.3 is 0 Å². The molecule has 0 aliphatic carbocycles. The maximum absolute atomic E-state index is 13.1. The van der Waals surface area contributed by atoms with Gasteiger partial charge in [-0.1, -0.05) is 43.3 Å². The van der Waals surface area contributed by atoms with E-state index in [9.17, 15) is 13.2 Å². The summed E-state index contributed by atoms with van der Waals surface area (Å²) in [5.41, 5.74) is 1.83. The highest BCUT2D eigenvalue weighted by atomic mass is 32.2. The molecule has 0 radical (unpaired) electrons. The van der Waals surface area contributed by atoms with Crippen molar-refractivity contribution in [3.63, 3.8) is 0 Å². The van der Waals surface area contributed by atoms with Crippen LogP contribution >= 0.6 is 0 Å². The van der Waals surface area contributed by atoms with Gasteiger partial charge in [-0.25, -0.2) is 8.42 Å². The lowest BCUT2D eigenvalue weighted by molar-refractivity contribution is 0.0912. The van der Waals surface area contributed by atoms with E-state index in [-0.39, 0.29) is 10.8 Å². The van der Waals surface area contributed by atoms with Crippen LogP contribution in [0.5, 0.6) is 0 Å². The largest absolute Gasteiger partial charge is 0.347 e. The lowest BCUT2D eigenvalue weighted by Crippen LogP contribution is -2.45. The predicted molar refractivity (Wildman–Crippen MR) is 120 cm³/mol. The number of carbonyl (C=O) groups excluding carboxylic acids is 1. The van der Waals surface area contributed by atoms with Gasteiger partial charge in [-0.2, -0.15) is 4.31 Å². The third kappa shape index (κ3) is 5.29. The van der Waals surface area contributed by atoms with E-state index in [4.69, 9.17) is 0 Å². The lowest BCUT2D eigenvalue weighted by Gasteiger charge is -2.30. The third-order valence-electron chi connectivity index (χ3n) is 5.77. The first-order chi connectivity index (χ1) is 14.1. The van der Waals surface area contributed by atoms with Crippen molar-refractivity contribution in [3.05, 3.63) is 65.2 Å². The first kappa shape index (κ1) is 22.5. The fraction of sp³-hybridized carbons (Fsp3) is 0.458. The van der Waals surface area contributed by atoms with Crippen LogP contribution < -0.4 is 5.32 Å². The van der Waals surface area contributed by atoms with E-state index in [1.165, 1.54) is 6.07 Å². The van der Waals surface area contributed by atoms with E-state index in [1.807, 2.05) is 51.1 Å². The molecule has 1 aliphatic heterocycles. The van der Waals surface area contributed by atoms with Crippen LogP contribution in [0.1, 0.15) is 55.1 Å². The number of hydrogen-bond acceptors (Lipinski definition) is 3. The molecular formula is C24H32N2O3S. The molecule has 162 valence electrons. The SMILES string of the molecule is Cc1ccc(S(=O)(=O)N2CCC(C)CC2)cc1C(=O)NC(C)(C)Cc1ccccc1. The topological polar surface area (TPSA) is 66.5 Å².